The molecule has 0 aromatic heterocycles. The van der Waals surface area contributed by atoms with E-state index < -0.39 is 5.60 Å². The van der Waals surface area contributed by atoms with Gasteiger partial charge in [-0.2, -0.15) is 0 Å². The Morgan fingerprint density at radius 2 is 1.86 bits per heavy atom. The number of halogens is 1. The maximum Gasteiger partial charge on any atom is 0.0608 e. The summed E-state index contributed by atoms with van der Waals surface area (Å²) < 4.78 is 0. The van der Waals surface area contributed by atoms with Gasteiger partial charge in [0.1, 0.15) is 0 Å². The van der Waals surface area contributed by atoms with Crippen LogP contribution in [-0.4, -0.2) is 17.3 Å². The average Bonchev–Trinajstić information content (AvgIpc) is 2.06. The molecule has 3 heteroatoms. The summed E-state index contributed by atoms with van der Waals surface area (Å²) in [6.07, 6.45) is 0.718. The Bertz CT molecular complexity index is 276. The van der Waals surface area contributed by atoms with Crippen LogP contribution in [0.3, 0.4) is 0 Å². The second kappa shape index (κ2) is 4.67. The normalized spacial score (nSPS) is 11.4. The third kappa shape index (κ3) is 4.49. The predicted molar refractivity (Wildman–Crippen MR) is 60.9 cm³/mol. The number of hydrogen-bond donors (Lipinski definition) is 2. The fourth-order valence-electron chi connectivity index (χ4n) is 1.08. The molecule has 1 rings (SSSR count). The van der Waals surface area contributed by atoms with Crippen molar-refractivity contribution in [3.8, 4) is 0 Å². The molecule has 0 aliphatic rings. The Morgan fingerprint density at radius 3 is 2.36 bits per heavy atom. The molecule has 0 amide bonds. The van der Waals surface area contributed by atoms with E-state index in [0.717, 1.165) is 23.7 Å². The lowest BCUT2D eigenvalue weighted by atomic mass is 10.1. The molecule has 0 saturated carbocycles. The monoisotopic (exact) mass is 213 g/mol. The van der Waals surface area contributed by atoms with E-state index in [1.165, 1.54) is 0 Å². The zero-order chi connectivity index (χ0) is 10.6. The van der Waals surface area contributed by atoms with Crippen LogP contribution in [0.4, 0.5) is 5.69 Å². The molecule has 2 nitrogen and oxygen atoms in total. The summed E-state index contributed by atoms with van der Waals surface area (Å²) in [6, 6.07) is 7.53. The number of hydrogen-bond acceptors (Lipinski definition) is 2. The molecule has 0 saturated heterocycles. The second-order valence-corrected chi connectivity index (χ2v) is 4.43. The van der Waals surface area contributed by atoms with E-state index in [4.69, 9.17) is 11.6 Å². The van der Waals surface area contributed by atoms with Gasteiger partial charge in [-0.1, -0.05) is 11.6 Å². The molecule has 0 radical (unpaired) electrons. The van der Waals surface area contributed by atoms with Crippen molar-refractivity contribution >= 4 is 17.3 Å². The Balaban J connectivity index is 2.35. The summed E-state index contributed by atoms with van der Waals surface area (Å²) in [6.45, 7) is 4.36. The molecule has 0 unspecified atom stereocenters. The van der Waals surface area contributed by atoms with E-state index >= 15 is 0 Å². The van der Waals surface area contributed by atoms with E-state index in [0.29, 0.717) is 0 Å². The fourth-order valence-corrected chi connectivity index (χ4v) is 1.21. The molecule has 0 aliphatic heterocycles. The first-order valence-corrected chi connectivity index (χ1v) is 5.07. The van der Waals surface area contributed by atoms with Crippen molar-refractivity contribution in [1.82, 2.24) is 0 Å². The molecule has 78 valence electrons. The minimum absolute atomic E-state index is 0.612. The zero-order valence-electron chi connectivity index (χ0n) is 8.55. The van der Waals surface area contributed by atoms with Crippen molar-refractivity contribution in [2.45, 2.75) is 25.9 Å². The van der Waals surface area contributed by atoms with Crippen LogP contribution < -0.4 is 5.32 Å². The Morgan fingerprint density at radius 1 is 1.29 bits per heavy atom. The summed E-state index contributed by atoms with van der Waals surface area (Å²) >= 11 is 5.75. The van der Waals surface area contributed by atoms with Gasteiger partial charge in [-0.3, -0.25) is 0 Å². The average molecular weight is 214 g/mol. The van der Waals surface area contributed by atoms with Gasteiger partial charge in [0.05, 0.1) is 5.60 Å². The van der Waals surface area contributed by atoms with Gasteiger partial charge in [-0.05, 0) is 44.5 Å². The van der Waals surface area contributed by atoms with E-state index in [1.54, 1.807) is 13.8 Å². The van der Waals surface area contributed by atoms with Gasteiger partial charge in [0.2, 0.25) is 0 Å². The largest absolute Gasteiger partial charge is 0.390 e. The van der Waals surface area contributed by atoms with Gasteiger partial charge in [-0.25, -0.2) is 0 Å². The van der Waals surface area contributed by atoms with Crippen LogP contribution in [0.2, 0.25) is 5.02 Å². The topological polar surface area (TPSA) is 32.3 Å². The van der Waals surface area contributed by atoms with Crippen molar-refractivity contribution in [1.29, 1.82) is 0 Å². The first kappa shape index (κ1) is 11.3. The Hall–Kier alpha value is -0.730. The van der Waals surface area contributed by atoms with Crippen molar-refractivity contribution in [3.63, 3.8) is 0 Å². The van der Waals surface area contributed by atoms with Gasteiger partial charge >= 0.3 is 0 Å². The summed E-state index contributed by atoms with van der Waals surface area (Å²) in [7, 11) is 0. The van der Waals surface area contributed by atoms with E-state index in [-0.39, 0.29) is 0 Å². The van der Waals surface area contributed by atoms with Crippen molar-refractivity contribution in [2.75, 3.05) is 11.9 Å². The van der Waals surface area contributed by atoms with Crippen LogP contribution >= 0.6 is 11.6 Å². The lowest BCUT2D eigenvalue weighted by molar-refractivity contribution is 0.0749. The molecule has 0 spiro atoms. The van der Waals surface area contributed by atoms with Crippen molar-refractivity contribution in [3.05, 3.63) is 29.3 Å². The van der Waals surface area contributed by atoms with Crippen molar-refractivity contribution < 1.29 is 5.11 Å². The van der Waals surface area contributed by atoms with Crippen LogP contribution in [0.25, 0.3) is 0 Å². The molecule has 2 N–H and O–H groups in total. The fraction of sp³-hybridized carbons (Fsp3) is 0.455. The summed E-state index contributed by atoms with van der Waals surface area (Å²) in [4.78, 5) is 0. The van der Waals surface area contributed by atoms with E-state index in [9.17, 15) is 5.11 Å². The molecule has 0 fully saturated rings. The van der Waals surface area contributed by atoms with Crippen LogP contribution in [0.15, 0.2) is 24.3 Å². The molecular weight excluding hydrogens is 198 g/mol. The Labute approximate surface area is 89.9 Å². The maximum absolute atomic E-state index is 9.48. The zero-order valence-corrected chi connectivity index (χ0v) is 9.30. The van der Waals surface area contributed by atoms with E-state index in [2.05, 4.69) is 5.32 Å². The highest BCUT2D eigenvalue weighted by Gasteiger charge is 2.10. The minimum atomic E-state index is -0.612. The number of aliphatic hydroxyl groups is 1. The number of rotatable bonds is 4. The SMILES string of the molecule is CC(C)(O)CCNc1ccc(Cl)cc1. The van der Waals surface area contributed by atoms with Gasteiger partial charge in [0.25, 0.3) is 0 Å². The summed E-state index contributed by atoms with van der Waals surface area (Å²) in [5.41, 5.74) is 0.415. The van der Waals surface area contributed by atoms with Crippen molar-refractivity contribution in [2.24, 2.45) is 0 Å². The highest BCUT2D eigenvalue weighted by atomic mass is 35.5. The maximum atomic E-state index is 9.48. The third-order valence-electron chi connectivity index (χ3n) is 1.91. The van der Waals surface area contributed by atoms with Gasteiger partial charge in [0, 0.05) is 17.3 Å². The summed E-state index contributed by atoms with van der Waals surface area (Å²) in [5, 5.41) is 13.4. The molecule has 14 heavy (non-hydrogen) atoms. The molecule has 0 bridgehead atoms. The molecule has 0 atom stereocenters. The molecule has 1 aromatic carbocycles. The number of nitrogens with one attached hydrogen (secondary N) is 1. The predicted octanol–water partition coefficient (Wildman–Crippen LogP) is 2.91. The van der Waals surface area contributed by atoms with E-state index in [1.807, 2.05) is 24.3 Å². The lowest BCUT2D eigenvalue weighted by Crippen LogP contribution is -2.22. The molecule has 1 aromatic rings. The molecular formula is C11H16ClNO. The van der Waals surface area contributed by atoms with Crippen LogP contribution in [0.1, 0.15) is 20.3 Å². The van der Waals surface area contributed by atoms with Crippen LogP contribution in [0, 0.1) is 0 Å². The van der Waals surface area contributed by atoms with Gasteiger partial charge in [-0.15, -0.1) is 0 Å². The Kier molecular flexibility index (Phi) is 3.78. The second-order valence-electron chi connectivity index (χ2n) is 4.00. The van der Waals surface area contributed by atoms with Crippen LogP contribution in [0.5, 0.6) is 0 Å². The third-order valence-corrected chi connectivity index (χ3v) is 2.16. The summed E-state index contributed by atoms with van der Waals surface area (Å²) in [5.74, 6) is 0. The lowest BCUT2D eigenvalue weighted by Gasteiger charge is -2.17. The van der Waals surface area contributed by atoms with Crippen LogP contribution in [-0.2, 0) is 0 Å². The molecule has 0 heterocycles. The first-order valence-electron chi connectivity index (χ1n) is 4.69. The quantitative estimate of drug-likeness (QED) is 0.806. The highest BCUT2D eigenvalue weighted by molar-refractivity contribution is 6.30. The highest BCUT2D eigenvalue weighted by Crippen LogP contribution is 2.14. The minimum Gasteiger partial charge on any atom is -0.390 e. The number of anilines is 1. The smallest absolute Gasteiger partial charge is 0.0608 e. The van der Waals surface area contributed by atoms with Gasteiger partial charge in [0.15, 0.2) is 0 Å². The van der Waals surface area contributed by atoms with Gasteiger partial charge < -0.3 is 10.4 Å². The standard InChI is InChI=1S/C11H16ClNO/c1-11(2,14)7-8-13-10-5-3-9(12)4-6-10/h3-6,13-14H,7-8H2,1-2H3. The first-order chi connectivity index (χ1) is 6.47. The number of benzene rings is 1. The molecule has 0 aliphatic carbocycles.